The summed E-state index contributed by atoms with van der Waals surface area (Å²) in [6.45, 7) is 8.50. The van der Waals surface area contributed by atoms with Gasteiger partial charge in [-0.2, -0.15) is 0 Å². The molecule has 0 aliphatic rings. The molecule has 31 heavy (non-hydrogen) atoms. The summed E-state index contributed by atoms with van der Waals surface area (Å²) in [5, 5.41) is 15.1. The third-order valence-electron chi connectivity index (χ3n) is 5.04. The molecule has 1 aromatic heterocycles. The van der Waals surface area contributed by atoms with Crippen LogP contribution >= 0.6 is 11.8 Å². The number of anilines is 1. The summed E-state index contributed by atoms with van der Waals surface area (Å²) in [7, 11) is 0. The maximum Gasteiger partial charge on any atom is 0.251 e. The zero-order valence-electron chi connectivity index (χ0n) is 18.2. The highest BCUT2D eigenvalue weighted by atomic mass is 32.2. The fourth-order valence-corrected chi connectivity index (χ4v) is 3.97. The molecule has 0 aliphatic heterocycles. The molecule has 2 N–H and O–H groups in total. The second kappa shape index (κ2) is 10.3. The molecule has 162 valence electrons. The lowest BCUT2D eigenvalue weighted by Gasteiger charge is -2.15. The van der Waals surface area contributed by atoms with Crippen molar-refractivity contribution in [3.8, 4) is 0 Å². The van der Waals surface area contributed by atoms with Crippen LogP contribution < -0.4 is 10.6 Å². The zero-order chi connectivity index (χ0) is 22.4. The van der Waals surface area contributed by atoms with Crippen molar-refractivity contribution >= 4 is 29.3 Å². The highest BCUT2D eigenvalue weighted by molar-refractivity contribution is 7.99. The van der Waals surface area contributed by atoms with Crippen LogP contribution in [-0.2, 0) is 11.3 Å². The van der Waals surface area contributed by atoms with Crippen LogP contribution in [-0.4, -0.2) is 32.3 Å². The van der Waals surface area contributed by atoms with E-state index in [1.54, 1.807) is 12.1 Å². The van der Waals surface area contributed by atoms with Gasteiger partial charge in [-0.3, -0.25) is 9.59 Å². The lowest BCUT2D eigenvalue weighted by atomic mass is 10.1. The van der Waals surface area contributed by atoms with Crippen molar-refractivity contribution in [2.45, 2.75) is 45.4 Å². The van der Waals surface area contributed by atoms with Crippen LogP contribution in [0.4, 0.5) is 5.69 Å². The Bertz CT molecular complexity index is 1070. The number of carbonyl (C=O) groups excluding carboxylic acids is 2. The van der Waals surface area contributed by atoms with Crippen LogP contribution in [0.1, 0.15) is 47.2 Å². The van der Waals surface area contributed by atoms with Crippen LogP contribution in [0.5, 0.6) is 0 Å². The Labute approximate surface area is 186 Å². The summed E-state index contributed by atoms with van der Waals surface area (Å²) in [6.07, 6.45) is 0. The van der Waals surface area contributed by atoms with E-state index in [-0.39, 0.29) is 23.6 Å². The fraction of sp³-hybridized carbons (Fsp3) is 0.304. The molecular weight excluding hydrogens is 410 g/mol. The van der Waals surface area contributed by atoms with Gasteiger partial charge in [-0.25, -0.2) is 0 Å². The minimum absolute atomic E-state index is 0.101. The van der Waals surface area contributed by atoms with Crippen LogP contribution in [0.3, 0.4) is 0 Å². The van der Waals surface area contributed by atoms with Gasteiger partial charge in [0.1, 0.15) is 0 Å². The number of carbonyl (C=O) groups is 2. The average molecular weight is 438 g/mol. The second-order valence-corrected chi connectivity index (χ2v) is 8.17. The number of aryl methyl sites for hydroxylation is 1. The number of nitrogens with one attached hydrogen (secondary N) is 2. The SMILES string of the molecule is CCn1c(SCC(=O)Nc2cccc(C)c2C)nnc1[C@@H](C)NC(=O)c1ccccc1. The Hall–Kier alpha value is -3.13. The Morgan fingerprint density at radius 2 is 1.81 bits per heavy atom. The van der Waals surface area contributed by atoms with Gasteiger partial charge in [0.15, 0.2) is 11.0 Å². The summed E-state index contributed by atoms with van der Waals surface area (Å²) in [4.78, 5) is 24.9. The third-order valence-corrected chi connectivity index (χ3v) is 6.01. The molecule has 3 rings (SSSR count). The van der Waals surface area contributed by atoms with E-state index in [1.807, 2.05) is 68.7 Å². The standard InChI is InChI=1S/C23H27N5O2S/c1-5-28-21(17(4)24-22(30)18-11-7-6-8-12-18)26-27-23(28)31-14-20(29)25-19-13-9-10-15(2)16(19)3/h6-13,17H,5,14H2,1-4H3,(H,24,30)(H,25,29)/t17-/m1/s1. The number of rotatable bonds is 8. The lowest BCUT2D eigenvalue weighted by molar-refractivity contribution is -0.113. The minimum Gasteiger partial charge on any atom is -0.342 e. The Kier molecular flexibility index (Phi) is 7.46. The van der Waals surface area contributed by atoms with E-state index in [9.17, 15) is 9.59 Å². The molecule has 1 atom stereocenters. The minimum atomic E-state index is -0.321. The van der Waals surface area contributed by atoms with Crippen molar-refractivity contribution in [3.63, 3.8) is 0 Å². The van der Waals surface area contributed by atoms with E-state index in [4.69, 9.17) is 0 Å². The molecule has 1 heterocycles. The topological polar surface area (TPSA) is 88.9 Å². The highest BCUT2D eigenvalue weighted by Crippen LogP contribution is 2.22. The molecule has 7 nitrogen and oxygen atoms in total. The molecule has 0 radical (unpaired) electrons. The molecule has 0 unspecified atom stereocenters. The average Bonchev–Trinajstić information content (AvgIpc) is 3.19. The Balaban J connectivity index is 1.63. The number of hydrogen-bond donors (Lipinski definition) is 2. The van der Waals surface area contributed by atoms with Crippen molar-refractivity contribution in [2.24, 2.45) is 0 Å². The summed E-state index contributed by atoms with van der Waals surface area (Å²) in [6, 6.07) is 14.6. The maximum atomic E-state index is 12.4. The lowest BCUT2D eigenvalue weighted by Crippen LogP contribution is -2.28. The molecule has 0 saturated heterocycles. The maximum absolute atomic E-state index is 12.4. The number of nitrogens with zero attached hydrogens (tertiary/aromatic N) is 3. The summed E-state index contributed by atoms with van der Waals surface area (Å²) >= 11 is 1.33. The molecule has 0 saturated carbocycles. The molecule has 2 amide bonds. The number of hydrogen-bond acceptors (Lipinski definition) is 5. The van der Waals surface area contributed by atoms with Crippen molar-refractivity contribution in [1.82, 2.24) is 20.1 Å². The number of thioether (sulfide) groups is 1. The summed E-state index contributed by atoms with van der Waals surface area (Å²) in [5.74, 6) is 0.609. The van der Waals surface area contributed by atoms with Gasteiger partial charge >= 0.3 is 0 Å². The van der Waals surface area contributed by atoms with Gasteiger partial charge in [0, 0.05) is 17.8 Å². The molecule has 0 spiro atoms. The third kappa shape index (κ3) is 5.52. The smallest absolute Gasteiger partial charge is 0.251 e. The molecule has 0 fully saturated rings. The zero-order valence-corrected chi connectivity index (χ0v) is 19.0. The first-order valence-corrected chi connectivity index (χ1v) is 11.2. The van der Waals surface area contributed by atoms with Gasteiger partial charge in [0.25, 0.3) is 5.91 Å². The first-order valence-electron chi connectivity index (χ1n) is 10.2. The normalized spacial score (nSPS) is 11.7. The monoisotopic (exact) mass is 437 g/mol. The van der Waals surface area contributed by atoms with Gasteiger partial charge in [0.05, 0.1) is 11.8 Å². The van der Waals surface area contributed by atoms with E-state index < -0.39 is 0 Å². The highest BCUT2D eigenvalue weighted by Gasteiger charge is 2.20. The van der Waals surface area contributed by atoms with Crippen molar-refractivity contribution in [2.75, 3.05) is 11.1 Å². The van der Waals surface area contributed by atoms with Gasteiger partial charge < -0.3 is 15.2 Å². The number of aromatic nitrogens is 3. The molecular formula is C23H27N5O2S. The van der Waals surface area contributed by atoms with E-state index in [2.05, 4.69) is 20.8 Å². The Morgan fingerprint density at radius 3 is 2.52 bits per heavy atom. The van der Waals surface area contributed by atoms with Crippen LogP contribution in [0, 0.1) is 13.8 Å². The van der Waals surface area contributed by atoms with E-state index in [0.717, 1.165) is 16.8 Å². The van der Waals surface area contributed by atoms with E-state index >= 15 is 0 Å². The quantitative estimate of drug-likeness (QED) is 0.517. The van der Waals surface area contributed by atoms with E-state index in [1.165, 1.54) is 11.8 Å². The molecule has 3 aromatic rings. The second-order valence-electron chi connectivity index (χ2n) is 7.23. The predicted octanol–water partition coefficient (Wildman–Crippen LogP) is 4.14. The molecule has 8 heteroatoms. The van der Waals surface area contributed by atoms with Gasteiger partial charge in [0.2, 0.25) is 5.91 Å². The number of amides is 2. The first-order chi connectivity index (χ1) is 14.9. The van der Waals surface area contributed by atoms with Gasteiger partial charge in [-0.05, 0) is 57.0 Å². The van der Waals surface area contributed by atoms with Crippen molar-refractivity contribution < 1.29 is 9.59 Å². The van der Waals surface area contributed by atoms with Gasteiger partial charge in [-0.1, -0.05) is 42.1 Å². The van der Waals surface area contributed by atoms with Crippen LogP contribution in [0.25, 0.3) is 0 Å². The first kappa shape index (κ1) is 22.6. The van der Waals surface area contributed by atoms with Crippen LogP contribution in [0.2, 0.25) is 0 Å². The summed E-state index contributed by atoms with van der Waals surface area (Å²) in [5.41, 5.74) is 3.60. The largest absolute Gasteiger partial charge is 0.342 e. The van der Waals surface area contributed by atoms with Crippen LogP contribution in [0.15, 0.2) is 53.7 Å². The Morgan fingerprint density at radius 1 is 1.06 bits per heavy atom. The number of benzene rings is 2. The molecule has 2 aromatic carbocycles. The van der Waals surface area contributed by atoms with Gasteiger partial charge in [-0.15, -0.1) is 10.2 Å². The molecule has 0 bridgehead atoms. The van der Waals surface area contributed by atoms with E-state index in [0.29, 0.717) is 23.1 Å². The van der Waals surface area contributed by atoms with Crippen molar-refractivity contribution in [3.05, 3.63) is 71.0 Å². The summed E-state index contributed by atoms with van der Waals surface area (Å²) < 4.78 is 1.92. The van der Waals surface area contributed by atoms with Crippen molar-refractivity contribution in [1.29, 1.82) is 0 Å². The molecule has 0 aliphatic carbocycles. The fourth-order valence-electron chi connectivity index (χ4n) is 3.16. The predicted molar refractivity (Wildman–Crippen MR) is 123 cm³/mol.